The Morgan fingerprint density at radius 1 is 1.28 bits per heavy atom. The van der Waals surface area contributed by atoms with Crippen molar-refractivity contribution in [2.45, 2.75) is 25.7 Å². The van der Waals surface area contributed by atoms with Gasteiger partial charge < -0.3 is 5.32 Å². The average Bonchev–Trinajstić information content (AvgIpc) is 2.38. The molecule has 2 aromatic rings. The van der Waals surface area contributed by atoms with Crippen molar-refractivity contribution in [1.82, 2.24) is 5.32 Å². The summed E-state index contributed by atoms with van der Waals surface area (Å²) in [5, 5.41) is 5.67. The van der Waals surface area contributed by atoms with Gasteiger partial charge in [-0.05, 0) is 34.7 Å². The van der Waals surface area contributed by atoms with Crippen LogP contribution in [0.25, 0.3) is 10.8 Å². The second kappa shape index (κ2) is 4.45. The smallest absolute Gasteiger partial charge is 0.216 e. The number of benzene rings is 2. The Hall–Kier alpha value is -1.83. The van der Waals surface area contributed by atoms with Crippen LogP contribution in [-0.4, -0.2) is 12.5 Å². The first-order valence-electron chi connectivity index (χ1n) is 6.50. The third-order valence-corrected chi connectivity index (χ3v) is 3.82. The zero-order valence-corrected chi connectivity index (χ0v) is 10.6. The highest BCUT2D eigenvalue weighted by molar-refractivity contribution is 5.90. The highest BCUT2D eigenvalue weighted by Gasteiger charge is 2.21. The maximum atomic E-state index is 11.1. The number of carbonyl (C=O) groups excluding carboxylic acids is 1. The Morgan fingerprint density at radius 2 is 2.06 bits per heavy atom. The van der Waals surface area contributed by atoms with Crippen molar-refractivity contribution < 1.29 is 4.79 Å². The van der Waals surface area contributed by atoms with Gasteiger partial charge in [0.15, 0.2) is 0 Å². The van der Waals surface area contributed by atoms with Crippen LogP contribution in [0, 0.1) is 0 Å². The van der Waals surface area contributed by atoms with Gasteiger partial charge in [-0.2, -0.15) is 0 Å². The summed E-state index contributed by atoms with van der Waals surface area (Å²) in [4.78, 5) is 11.1. The molecule has 0 heterocycles. The topological polar surface area (TPSA) is 29.1 Å². The molecule has 1 aliphatic rings. The second-order valence-corrected chi connectivity index (χ2v) is 5.04. The van der Waals surface area contributed by atoms with Gasteiger partial charge in [0.05, 0.1) is 0 Å². The van der Waals surface area contributed by atoms with Crippen LogP contribution in [0.1, 0.15) is 30.4 Å². The number of amides is 1. The number of hydrogen-bond acceptors (Lipinski definition) is 1. The number of aryl methyl sites for hydroxylation is 1. The Bertz CT molecular complexity index is 598. The first-order valence-corrected chi connectivity index (χ1v) is 6.50. The molecule has 0 unspecified atom stereocenters. The lowest BCUT2D eigenvalue weighted by atomic mass is 9.81. The summed E-state index contributed by atoms with van der Waals surface area (Å²) in [7, 11) is 0. The molecule has 18 heavy (non-hydrogen) atoms. The van der Waals surface area contributed by atoms with Gasteiger partial charge in [0.25, 0.3) is 0 Å². The van der Waals surface area contributed by atoms with E-state index in [1.165, 1.54) is 21.9 Å². The van der Waals surface area contributed by atoms with Crippen LogP contribution in [0.15, 0.2) is 36.4 Å². The first-order chi connectivity index (χ1) is 8.75. The van der Waals surface area contributed by atoms with E-state index in [2.05, 4.69) is 41.7 Å². The number of carbonyl (C=O) groups is 1. The largest absolute Gasteiger partial charge is 0.356 e. The molecule has 1 aliphatic carbocycles. The van der Waals surface area contributed by atoms with Crippen LogP contribution in [-0.2, 0) is 11.2 Å². The fourth-order valence-corrected chi connectivity index (χ4v) is 2.96. The summed E-state index contributed by atoms with van der Waals surface area (Å²) in [6, 6.07) is 13.0. The van der Waals surface area contributed by atoms with E-state index in [4.69, 9.17) is 0 Å². The molecule has 1 atom stereocenters. The number of rotatable bonds is 2. The zero-order valence-electron chi connectivity index (χ0n) is 10.6. The molecule has 0 fully saturated rings. The van der Waals surface area contributed by atoms with Gasteiger partial charge >= 0.3 is 0 Å². The monoisotopic (exact) mass is 239 g/mol. The molecular formula is C16H17NO. The van der Waals surface area contributed by atoms with Crippen LogP contribution in [0.2, 0.25) is 0 Å². The van der Waals surface area contributed by atoms with Crippen molar-refractivity contribution >= 4 is 16.7 Å². The van der Waals surface area contributed by atoms with Gasteiger partial charge in [-0.15, -0.1) is 0 Å². The summed E-state index contributed by atoms with van der Waals surface area (Å²) in [5.41, 5.74) is 2.84. The van der Waals surface area contributed by atoms with Crippen LogP contribution < -0.4 is 5.32 Å². The van der Waals surface area contributed by atoms with E-state index in [-0.39, 0.29) is 5.91 Å². The zero-order chi connectivity index (χ0) is 12.5. The van der Waals surface area contributed by atoms with E-state index in [9.17, 15) is 4.79 Å². The summed E-state index contributed by atoms with van der Waals surface area (Å²) < 4.78 is 0. The molecule has 1 amide bonds. The molecule has 2 nitrogen and oxygen atoms in total. The normalized spacial score (nSPS) is 17.7. The van der Waals surface area contributed by atoms with Crippen molar-refractivity contribution in [3.8, 4) is 0 Å². The molecule has 3 rings (SSSR count). The van der Waals surface area contributed by atoms with Crippen molar-refractivity contribution in [3.05, 3.63) is 47.5 Å². The van der Waals surface area contributed by atoms with Crippen LogP contribution >= 0.6 is 0 Å². The molecule has 92 valence electrons. The Labute approximate surface area is 107 Å². The highest BCUT2D eigenvalue weighted by atomic mass is 16.1. The molecule has 0 saturated carbocycles. The van der Waals surface area contributed by atoms with Crippen molar-refractivity contribution in [2.24, 2.45) is 0 Å². The predicted octanol–water partition coefficient (Wildman–Crippen LogP) is 3.01. The lowest BCUT2D eigenvalue weighted by Crippen LogP contribution is -2.27. The van der Waals surface area contributed by atoms with E-state index in [0.717, 1.165) is 19.4 Å². The van der Waals surface area contributed by atoms with E-state index < -0.39 is 0 Å². The first kappa shape index (κ1) is 11.3. The fraction of sp³-hybridized carbons (Fsp3) is 0.312. The van der Waals surface area contributed by atoms with Crippen molar-refractivity contribution in [3.63, 3.8) is 0 Å². The Kier molecular flexibility index (Phi) is 2.78. The van der Waals surface area contributed by atoms with E-state index in [1.54, 1.807) is 6.92 Å². The molecule has 0 bridgehead atoms. The van der Waals surface area contributed by atoms with Crippen LogP contribution in [0.5, 0.6) is 0 Å². The lowest BCUT2D eigenvalue weighted by Gasteiger charge is -2.25. The molecule has 0 aromatic heterocycles. The van der Waals surface area contributed by atoms with Gasteiger partial charge in [-0.3, -0.25) is 4.79 Å². The third kappa shape index (κ3) is 1.88. The maximum absolute atomic E-state index is 11.1. The van der Waals surface area contributed by atoms with Crippen LogP contribution in [0.4, 0.5) is 0 Å². The highest BCUT2D eigenvalue weighted by Crippen LogP contribution is 2.36. The number of nitrogens with one attached hydrogen (secondary N) is 1. The molecule has 2 aromatic carbocycles. The molecule has 0 aliphatic heterocycles. The Balaban J connectivity index is 2.04. The molecule has 2 heteroatoms. The molecule has 1 N–H and O–H groups in total. The molecule has 0 spiro atoms. The summed E-state index contributed by atoms with van der Waals surface area (Å²) in [6.07, 6.45) is 2.23. The maximum Gasteiger partial charge on any atom is 0.216 e. The van der Waals surface area contributed by atoms with Gasteiger partial charge in [0, 0.05) is 19.4 Å². The van der Waals surface area contributed by atoms with Gasteiger partial charge in [0.2, 0.25) is 5.91 Å². The average molecular weight is 239 g/mol. The lowest BCUT2D eigenvalue weighted by molar-refractivity contribution is -0.119. The molecular weight excluding hydrogens is 222 g/mol. The Morgan fingerprint density at radius 3 is 2.83 bits per heavy atom. The summed E-state index contributed by atoms with van der Waals surface area (Å²) in [5.74, 6) is 0.508. The minimum Gasteiger partial charge on any atom is -0.356 e. The van der Waals surface area contributed by atoms with Crippen LogP contribution in [0.3, 0.4) is 0 Å². The van der Waals surface area contributed by atoms with E-state index >= 15 is 0 Å². The summed E-state index contributed by atoms with van der Waals surface area (Å²) >= 11 is 0. The van der Waals surface area contributed by atoms with Crippen molar-refractivity contribution in [2.75, 3.05) is 6.54 Å². The summed E-state index contributed by atoms with van der Waals surface area (Å²) in [6.45, 7) is 2.33. The van der Waals surface area contributed by atoms with E-state index in [1.807, 2.05) is 0 Å². The minimum absolute atomic E-state index is 0.0565. The minimum atomic E-state index is 0.0565. The third-order valence-electron chi connectivity index (χ3n) is 3.82. The van der Waals surface area contributed by atoms with Crippen molar-refractivity contribution in [1.29, 1.82) is 0 Å². The predicted molar refractivity (Wildman–Crippen MR) is 73.7 cm³/mol. The van der Waals surface area contributed by atoms with E-state index in [0.29, 0.717) is 5.92 Å². The van der Waals surface area contributed by atoms with Gasteiger partial charge in [0.1, 0.15) is 0 Å². The SMILES string of the molecule is CC(=O)NC[C@@H]1CCc2cccc3cccc1c23. The van der Waals surface area contributed by atoms with Gasteiger partial charge in [-0.25, -0.2) is 0 Å². The van der Waals surface area contributed by atoms with Gasteiger partial charge in [-0.1, -0.05) is 36.4 Å². The molecule has 0 saturated heterocycles. The number of hydrogen-bond donors (Lipinski definition) is 1. The fourth-order valence-electron chi connectivity index (χ4n) is 2.96. The molecule has 0 radical (unpaired) electrons. The standard InChI is InChI=1S/C16H17NO/c1-11(18)17-10-14-9-8-13-5-2-4-12-6-3-7-15(14)16(12)13/h2-7,14H,8-10H2,1H3,(H,17,18)/t14-/m0/s1. The quantitative estimate of drug-likeness (QED) is 0.857. The second-order valence-electron chi connectivity index (χ2n) is 5.04.